The van der Waals surface area contributed by atoms with E-state index in [4.69, 9.17) is 4.42 Å². The molecule has 4 rings (SSSR count). The minimum atomic E-state index is -0.580. The van der Waals surface area contributed by atoms with E-state index in [0.717, 1.165) is 11.3 Å². The Morgan fingerprint density at radius 2 is 2.27 bits per heavy atom. The fourth-order valence-corrected chi connectivity index (χ4v) is 3.14. The van der Waals surface area contributed by atoms with Crippen LogP contribution in [0.25, 0.3) is 26.8 Å². The second-order valence-electron chi connectivity index (χ2n) is 4.33. The summed E-state index contributed by atoms with van der Waals surface area (Å²) in [7, 11) is 0. The molecule has 4 heterocycles. The Morgan fingerprint density at radius 3 is 3.00 bits per heavy atom. The molecule has 0 aliphatic heterocycles. The minimum Gasteiger partial charge on any atom is -0.463 e. The average Bonchev–Trinajstić information content (AvgIpc) is 3.14. The Kier molecular flexibility index (Phi) is 2.48. The molecule has 106 valence electrons. The van der Waals surface area contributed by atoms with Crippen molar-refractivity contribution in [1.29, 1.82) is 5.26 Å². The van der Waals surface area contributed by atoms with E-state index in [9.17, 15) is 14.9 Å². The van der Waals surface area contributed by atoms with Gasteiger partial charge < -0.3 is 9.40 Å². The molecular formula is C13H5N5O3S. The molecule has 9 heteroatoms. The predicted octanol–water partition coefficient (Wildman–Crippen LogP) is 1.12. The monoisotopic (exact) mass is 311 g/mol. The fraction of sp³-hybridized carbons (Fsp3) is 0. The molecule has 0 aliphatic carbocycles. The summed E-state index contributed by atoms with van der Waals surface area (Å²) < 4.78 is 6.66. The van der Waals surface area contributed by atoms with Crippen LogP contribution in [-0.4, -0.2) is 19.4 Å². The summed E-state index contributed by atoms with van der Waals surface area (Å²) in [4.78, 5) is 35.4. The maximum Gasteiger partial charge on any atom is 0.278 e. The van der Waals surface area contributed by atoms with Gasteiger partial charge in [0.2, 0.25) is 0 Å². The van der Waals surface area contributed by atoms with Crippen molar-refractivity contribution in [2.24, 2.45) is 0 Å². The van der Waals surface area contributed by atoms with E-state index in [1.165, 1.54) is 17.0 Å². The van der Waals surface area contributed by atoms with E-state index in [-0.39, 0.29) is 32.1 Å². The van der Waals surface area contributed by atoms with Crippen LogP contribution >= 0.6 is 11.3 Å². The van der Waals surface area contributed by atoms with Crippen molar-refractivity contribution in [3.63, 3.8) is 0 Å². The lowest BCUT2D eigenvalue weighted by molar-refractivity contribution is 0.579. The molecule has 0 aliphatic rings. The first-order chi connectivity index (χ1) is 10.7. The van der Waals surface area contributed by atoms with Gasteiger partial charge in [-0.2, -0.15) is 5.26 Å². The zero-order valence-electron chi connectivity index (χ0n) is 10.7. The van der Waals surface area contributed by atoms with Gasteiger partial charge >= 0.3 is 0 Å². The normalized spacial score (nSPS) is 11.0. The van der Waals surface area contributed by atoms with Gasteiger partial charge in [0, 0.05) is 0 Å². The Labute approximate surface area is 124 Å². The van der Waals surface area contributed by atoms with Crippen molar-refractivity contribution >= 4 is 26.6 Å². The van der Waals surface area contributed by atoms with Gasteiger partial charge in [0.1, 0.15) is 22.0 Å². The number of fused-ring (bicyclic) bond motifs is 3. The maximum atomic E-state index is 12.6. The first-order valence-corrected chi connectivity index (χ1v) is 6.89. The molecular weight excluding hydrogens is 306 g/mol. The first kappa shape index (κ1) is 12.5. The lowest BCUT2D eigenvalue weighted by Gasteiger charge is -2.00. The summed E-state index contributed by atoms with van der Waals surface area (Å²) in [5.74, 6) is 0.315. The number of hydrogen-bond acceptors (Lipinski definition) is 7. The van der Waals surface area contributed by atoms with Crippen LogP contribution in [0.1, 0.15) is 5.56 Å². The highest BCUT2D eigenvalue weighted by atomic mass is 32.1. The summed E-state index contributed by atoms with van der Waals surface area (Å²) in [6, 6.07) is 5.09. The zero-order valence-corrected chi connectivity index (χ0v) is 11.5. The van der Waals surface area contributed by atoms with Crippen molar-refractivity contribution in [3.8, 4) is 17.5 Å². The van der Waals surface area contributed by atoms with Crippen LogP contribution < -0.4 is 11.1 Å². The van der Waals surface area contributed by atoms with E-state index in [2.05, 4.69) is 15.0 Å². The van der Waals surface area contributed by atoms with Crippen LogP contribution in [0.5, 0.6) is 0 Å². The van der Waals surface area contributed by atoms with E-state index in [1.54, 1.807) is 12.1 Å². The number of nitriles is 1. The molecule has 0 aromatic carbocycles. The highest BCUT2D eigenvalue weighted by molar-refractivity contribution is 7.23. The molecule has 0 unspecified atom stereocenters. The smallest absolute Gasteiger partial charge is 0.278 e. The zero-order chi connectivity index (χ0) is 15.3. The van der Waals surface area contributed by atoms with Crippen LogP contribution in [0.2, 0.25) is 0 Å². The minimum absolute atomic E-state index is 0.153. The van der Waals surface area contributed by atoms with Crippen molar-refractivity contribution < 1.29 is 4.42 Å². The van der Waals surface area contributed by atoms with E-state index in [0.29, 0.717) is 5.76 Å². The lowest BCUT2D eigenvalue weighted by Crippen LogP contribution is -2.19. The number of furan rings is 1. The molecule has 0 radical (unpaired) electrons. The fourth-order valence-electron chi connectivity index (χ4n) is 2.17. The van der Waals surface area contributed by atoms with Crippen molar-refractivity contribution in [1.82, 2.24) is 19.4 Å². The van der Waals surface area contributed by atoms with Gasteiger partial charge in [-0.1, -0.05) is 11.3 Å². The van der Waals surface area contributed by atoms with Gasteiger partial charge in [-0.25, -0.2) is 14.4 Å². The van der Waals surface area contributed by atoms with Gasteiger partial charge in [-0.3, -0.25) is 9.59 Å². The third kappa shape index (κ3) is 1.55. The third-order valence-corrected chi connectivity index (χ3v) is 4.14. The number of nitrogens with one attached hydrogen (secondary N) is 1. The molecule has 0 spiro atoms. The van der Waals surface area contributed by atoms with Crippen molar-refractivity contribution in [2.45, 2.75) is 0 Å². The largest absolute Gasteiger partial charge is 0.463 e. The second kappa shape index (κ2) is 4.37. The summed E-state index contributed by atoms with van der Waals surface area (Å²) in [5.41, 5.74) is -0.764. The number of hydrogen-bond donors (Lipinski definition) is 1. The summed E-state index contributed by atoms with van der Waals surface area (Å²) in [5, 5.41) is 9.29. The summed E-state index contributed by atoms with van der Waals surface area (Å²) in [6.45, 7) is 0. The Bertz CT molecular complexity index is 1180. The number of thiazole rings is 1. The molecule has 0 saturated heterocycles. The molecule has 0 saturated carbocycles. The van der Waals surface area contributed by atoms with Gasteiger partial charge in [0.15, 0.2) is 16.4 Å². The molecule has 1 N–H and O–H groups in total. The SMILES string of the molecule is N#Cc1c(-c2ccco2)nc2sc3c(=O)[nH]cnc3n2c1=O. The van der Waals surface area contributed by atoms with Crippen LogP contribution in [0, 0.1) is 11.3 Å². The topological polar surface area (TPSA) is 117 Å². The molecule has 0 amide bonds. The average molecular weight is 311 g/mol. The molecule has 22 heavy (non-hydrogen) atoms. The number of rotatable bonds is 1. The van der Waals surface area contributed by atoms with Crippen molar-refractivity contribution in [3.05, 3.63) is 51.0 Å². The number of nitrogens with zero attached hydrogens (tertiary/aromatic N) is 4. The first-order valence-electron chi connectivity index (χ1n) is 6.07. The van der Waals surface area contributed by atoms with Crippen molar-refractivity contribution in [2.75, 3.05) is 0 Å². The Balaban J connectivity index is 2.25. The molecule has 4 aromatic heterocycles. The number of aromatic amines is 1. The van der Waals surface area contributed by atoms with E-state index < -0.39 is 5.56 Å². The van der Waals surface area contributed by atoms with Crippen LogP contribution in [-0.2, 0) is 0 Å². The lowest BCUT2D eigenvalue weighted by atomic mass is 10.2. The molecule has 4 aromatic rings. The standard InChI is InChI=1S/C13H5N5O3S/c14-4-6-8(7-2-1-3-21-7)17-13-18(12(6)20)10-9(22-13)11(19)16-5-15-10/h1-3,5H,(H,15,16,19). The highest BCUT2D eigenvalue weighted by Crippen LogP contribution is 2.24. The van der Waals surface area contributed by atoms with Gasteiger partial charge in [-0.05, 0) is 12.1 Å². The predicted molar refractivity (Wildman–Crippen MR) is 77.7 cm³/mol. The summed E-state index contributed by atoms with van der Waals surface area (Å²) in [6.07, 6.45) is 2.63. The quantitative estimate of drug-likeness (QED) is 0.563. The highest BCUT2D eigenvalue weighted by Gasteiger charge is 2.20. The van der Waals surface area contributed by atoms with Gasteiger partial charge in [-0.15, -0.1) is 0 Å². The van der Waals surface area contributed by atoms with Crippen LogP contribution in [0.4, 0.5) is 0 Å². The molecule has 8 nitrogen and oxygen atoms in total. The van der Waals surface area contributed by atoms with Crippen LogP contribution in [0.3, 0.4) is 0 Å². The number of H-pyrrole nitrogens is 1. The van der Waals surface area contributed by atoms with Gasteiger partial charge in [0.25, 0.3) is 11.1 Å². The van der Waals surface area contributed by atoms with Crippen LogP contribution in [0.15, 0.2) is 38.7 Å². The van der Waals surface area contributed by atoms with E-state index >= 15 is 0 Å². The maximum absolute atomic E-state index is 12.6. The molecule has 0 bridgehead atoms. The molecule has 0 atom stereocenters. The third-order valence-electron chi connectivity index (χ3n) is 3.12. The molecule has 0 fully saturated rings. The van der Waals surface area contributed by atoms with E-state index in [1.807, 2.05) is 6.07 Å². The van der Waals surface area contributed by atoms with Gasteiger partial charge in [0.05, 0.1) is 12.6 Å². The number of aromatic nitrogens is 4. The Hall–Kier alpha value is -3.25. The Morgan fingerprint density at radius 1 is 1.41 bits per heavy atom. The second-order valence-corrected chi connectivity index (χ2v) is 5.31. The summed E-state index contributed by atoms with van der Waals surface area (Å²) >= 11 is 1.03.